The summed E-state index contributed by atoms with van der Waals surface area (Å²) >= 11 is 0. The molecule has 0 aromatic carbocycles. The van der Waals surface area contributed by atoms with Gasteiger partial charge in [0.25, 0.3) is 0 Å². The molecule has 1 aliphatic heterocycles. The van der Waals surface area contributed by atoms with Crippen LogP contribution in [0.25, 0.3) is 0 Å². The molecule has 1 aromatic heterocycles. The lowest BCUT2D eigenvalue weighted by Gasteiger charge is -2.20. The number of guanidine groups is 1. The van der Waals surface area contributed by atoms with Crippen LogP contribution in [-0.4, -0.2) is 49.3 Å². The summed E-state index contributed by atoms with van der Waals surface area (Å²) in [6.07, 6.45) is -2.93. The van der Waals surface area contributed by atoms with Gasteiger partial charge in [0.2, 0.25) is 0 Å². The Bertz CT molecular complexity index is 561. The fraction of sp³-hybridized carbons (Fsp3) is 0.600. The molecule has 1 unspecified atom stereocenters. The summed E-state index contributed by atoms with van der Waals surface area (Å²) in [4.78, 5) is 9.79. The highest BCUT2D eigenvalue weighted by Crippen LogP contribution is 2.21. The highest BCUT2D eigenvalue weighted by atomic mass is 19.4. The highest BCUT2D eigenvalue weighted by Gasteiger charge is 2.27. The Kier molecular flexibility index (Phi) is 6.22. The maximum Gasteiger partial charge on any atom is 0.390 e. The van der Waals surface area contributed by atoms with Crippen molar-refractivity contribution in [2.45, 2.75) is 32.0 Å². The molecule has 1 aliphatic rings. The van der Waals surface area contributed by atoms with E-state index >= 15 is 0 Å². The SMILES string of the molecule is CCNC(=NCCC(F)(F)F)NC1CCN(c2ncccc2F)C1. The van der Waals surface area contributed by atoms with E-state index in [-0.39, 0.29) is 18.4 Å². The minimum Gasteiger partial charge on any atom is -0.357 e. The number of pyridine rings is 1. The normalized spacial score (nSPS) is 18.8. The standard InChI is InChI=1S/C15H21F4N5/c1-2-20-14(22-8-6-15(17,18)19)23-11-5-9-24(10-11)13-12(16)4-3-7-21-13/h3-4,7,11H,2,5-6,8-10H2,1H3,(H2,20,22,23). The summed E-state index contributed by atoms with van der Waals surface area (Å²) in [7, 11) is 0. The van der Waals surface area contributed by atoms with E-state index in [4.69, 9.17) is 0 Å². The smallest absolute Gasteiger partial charge is 0.357 e. The second kappa shape index (κ2) is 8.16. The van der Waals surface area contributed by atoms with Gasteiger partial charge in [-0.15, -0.1) is 0 Å². The summed E-state index contributed by atoms with van der Waals surface area (Å²) < 4.78 is 50.4. The maximum absolute atomic E-state index is 13.8. The van der Waals surface area contributed by atoms with Gasteiger partial charge in [-0.25, -0.2) is 9.37 Å². The second-order valence-electron chi connectivity index (χ2n) is 5.51. The Morgan fingerprint density at radius 2 is 2.25 bits per heavy atom. The van der Waals surface area contributed by atoms with Crippen LogP contribution in [0.5, 0.6) is 0 Å². The number of nitrogens with zero attached hydrogens (tertiary/aromatic N) is 3. The van der Waals surface area contributed by atoms with E-state index in [0.717, 1.165) is 6.42 Å². The lowest BCUT2D eigenvalue weighted by atomic mass is 10.3. The zero-order chi connectivity index (χ0) is 17.6. The molecule has 2 heterocycles. The molecular formula is C15H21F4N5. The van der Waals surface area contributed by atoms with Crippen LogP contribution in [-0.2, 0) is 0 Å². The number of rotatable bonds is 5. The average molecular weight is 347 g/mol. The predicted molar refractivity (Wildman–Crippen MR) is 84.6 cm³/mol. The minimum absolute atomic E-state index is 0.0323. The van der Waals surface area contributed by atoms with Crippen LogP contribution < -0.4 is 15.5 Å². The average Bonchev–Trinajstić information content (AvgIpc) is 2.95. The van der Waals surface area contributed by atoms with Crippen molar-refractivity contribution >= 4 is 11.8 Å². The number of hydrogen-bond acceptors (Lipinski definition) is 3. The van der Waals surface area contributed by atoms with Gasteiger partial charge in [-0.2, -0.15) is 13.2 Å². The molecule has 134 valence electrons. The third-order valence-corrected chi connectivity index (χ3v) is 3.58. The van der Waals surface area contributed by atoms with E-state index < -0.39 is 12.6 Å². The Hall–Kier alpha value is -2.06. The van der Waals surface area contributed by atoms with Crippen molar-refractivity contribution in [1.29, 1.82) is 0 Å². The summed E-state index contributed by atoms with van der Waals surface area (Å²) in [6.45, 7) is 3.18. The van der Waals surface area contributed by atoms with Crippen LogP contribution in [0.15, 0.2) is 23.3 Å². The van der Waals surface area contributed by atoms with Gasteiger partial charge in [-0.3, -0.25) is 4.99 Å². The largest absolute Gasteiger partial charge is 0.390 e. The van der Waals surface area contributed by atoms with Gasteiger partial charge in [0.1, 0.15) is 0 Å². The van der Waals surface area contributed by atoms with E-state index in [9.17, 15) is 17.6 Å². The van der Waals surface area contributed by atoms with Crippen molar-refractivity contribution in [3.05, 3.63) is 24.1 Å². The van der Waals surface area contributed by atoms with Crippen LogP contribution in [0.4, 0.5) is 23.4 Å². The summed E-state index contributed by atoms with van der Waals surface area (Å²) in [5.41, 5.74) is 0. The van der Waals surface area contributed by atoms with Crippen LogP contribution in [0.3, 0.4) is 0 Å². The quantitative estimate of drug-likeness (QED) is 0.488. The number of halogens is 4. The van der Waals surface area contributed by atoms with Gasteiger partial charge in [0, 0.05) is 31.9 Å². The molecule has 9 heteroatoms. The van der Waals surface area contributed by atoms with Crippen LogP contribution in [0.1, 0.15) is 19.8 Å². The van der Waals surface area contributed by atoms with E-state index in [2.05, 4.69) is 20.6 Å². The lowest BCUT2D eigenvalue weighted by Crippen LogP contribution is -2.44. The number of aliphatic imine (C=N–C) groups is 1. The summed E-state index contributed by atoms with van der Waals surface area (Å²) in [6, 6.07) is 2.85. The van der Waals surface area contributed by atoms with Crippen molar-refractivity contribution in [2.75, 3.05) is 31.1 Å². The highest BCUT2D eigenvalue weighted by molar-refractivity contribution is 5.80. The molecule has 0 aliphatic carbocycles. The number of alkyl halides is 3. The molecule has 2 rings (SSSR count). The van der Waals surface area contributed by atoms with Crippen molar-refractivity contribution < 1.29 is 17.6 Å². The van der Waals surface area contributed by atoms with Crippen molar-refractivity contribution in [3.63, 3.8) is 0 Å². The molecule has 1 fully saturated rings. The molecule has 0 saturated carbocycles. The van der Waals surface area contributed by atoms with Gasteiger partial charge >= 0.3 is 6.18 Å². The minimum atomic E-state index is -4.22. The molecule has 0 bridgehead atoms. The molecule has 2 N–H and O–H groups in total. The van der Waals surface area contributed by atoms with Gasteiger partial charge in [0.15, 0.2) is 17.6 Å². The molecule has 5 nitrogen and oxygen atoms in total. The third kappa shape index (κ3) is 5.54. The topological polar surface area (TPSA) is 52.6 Å². The number of aromatic nitrogens is 1. The van der Waals surface area contributed by atoms with E-state index in [1.54, 1.807) is 0 Å². The Morgan fingerprint density at radius 1 is 1.46 bits per heavy atom. The zero-order valence-electron chi connectivity index (χ0n) is 13.4. The second-order valence-corrected chi connectivity index (χ2v) is 5.51. The van der Waals surface area contributed by atoms with Crippen molar-refractivity contribution in [3.8, 4) is 0 Å². The number of hydrogen-bond donors (Lipinski definition) is 2. The van der Waals surface area contributed by atoms with E-state index in [1.165, 1.54) is 18.3 Å². The Labute approximate surface area is 138 Å². The van der Waals surface area contributed by atoms with Gasteiger partial charge < -0.3 is 15.5 Å². The van der Waals surface area contributed by atoms with E-state index in [1.807, 2.05) is 11.8 Å². The fourth-order valence-electron chi connectivity index (χ4n) is 2.49. The molecule has 0 spiro atoms. The molecule has 1 saturated heterocycles. The molecule has 1 atom stereocenters. The van der Waals surface area contributed by atoms with Gasteiger partial charge in [-0.05, 0) is 25.5 Å². The fourth-order valence-corrected chi connectivity index (χ4v) is 2.49. The Balaban J connectivity index is 1.91. The van der Waals surface area contributed by atoms with Crippen molar-refractivity contribution in [2.24, 2.45) is 4.99 Å². The molecule has 0 radical (unpaired) electrons. The molecular weight excluding hydrogens is 326 g/mol. The van der Waals surface area contributed by atoms with Gasteiger partial charge in [0.05, 0.1) is 13.0 Å². The Morgan fingerprint density at radius 3 is 2.92 bits per heavy atom. The first-order chi connectivity index (χ1) is 11.4. The van der Waals surface area contributed by atoms with Crippen LogP contribution in [0.2, 0.25) is 0 Å². The van der Waals surface area contributed by atoms with Crippen LogP contribution in [0, 0.1) is 5.82 Å². The molecule has 1 aromatic rings. The summed E-state index contributed by atoms with van der Waals surface area (Å²) in [5.74, 6) is 0.250. The number of anilines is 1. The maximum atomic E-state index is 13.8. The third-order valence-electron chi connectivity index (χ3n) is 3.58. The first kappa shape index (κ1) is 18.3. The number of nitrogens with one attached hydrogen (secondary N) is 2. The first-order valence-electron chi connectivity index (χ1n) is 7.86. The summed E-state index contributed by atoms with van der Waals surface area (Å²) in [5, 5.41) is 6.03. The van der Waals surface area contributed by atoms with Gasteiger partial charge in [-0.1, -0.05) is 0 Å². The first-order valence-corrected chi connectivity index (χ1v) is 7.86. The molecule has 24 heavy (non-hydrogen) atoms. The van der Waals surface area contributed by atoms with Crippen molar-refractivity contribution in [1.82, 2.24) is 15.6 Å². The lowest BCUT2D eigenvalue weighted by molar-refractivity contribution is -0.132. The monoisotopic (exact) mass is 347 g/mol. The zero-order valence-corrected chi connectivity index (χ0v) is 13.4. The van der Waals surface area contributed by atoms with Crippen LogP contribution >= 0.6 is 0 Å². The van der Waals surface area contributed by atoms with E-state index in [0.29, 0.717) is 31.4 Å². The predicted octanol–water partition coefficient (Wildman–Crippen LogP) is 2.31. The molecule has 0 amide bonds.